The number of hydrogen-bond acceptors (Lipinski definition) is 3. The van der Waals surface area contributed by atoms with E-state index in [1.165, 1.54) is 0 Å². The molecule has 0 amide bonds. The summed E-state index contributed by atoms with van der Waals surface area (Å²) < 4.78 is 0. The Kier molecular flexibility index (Phi) is 3.66. The van der Waals surface area contributed by atoms with Gasteiger partial charge in [-0.05, 0) is 32.4 Å². The third kappa shape index (κ3) is 2.46. The molecule has 0 bridgehead atoms. The van der Waals surface area contributed by atoms with Gasteiger partial charge in [0.25, 0.3) is 0 Å². The molecule has 20 heavy (non-hydrogen) atoms. The van der Waals surface area contributed by atoms with Crippen molar-refractivity contribution in [2.75, 3.05) is 11.9 Å². The standard InChI is InChI=1S/C16H22N4/c1-5-16(2,3)20(4)14-10-12(15(17)18)11-8-6-7-9-13(11)19-14/h6-10H,5H2,1-4H3,(H3,17,18). The molecule has 4 nitrogen and oxygen atoms in total. The molecule has 2 aromatic rings. The lowest BCUT2D eigenvalue weighted by molar-refractivity contribution is 0.467. The van der Waals surface area contributed by atoms with Gasteiger partial charge in [-0.3, -0.25) is 5.41 Å². The van der Waals surface area contributed by atoms with E-state index in [2.05, 4.69) is 25.7 Å². The molecule has 0 aliphatic heterocycles. The number of nitrogens with zero attached hydrogens (tertiary/aromatic N) is 2. The Bertz CT molecular complexity index is 646. The number of pyridine rings is 1. The molecule has 0 fully saturated rings. The van der Waals surface area contributed by atoms with Gasteiger partial charge in [0.1, 0.15) is 11.7 Å². The van der Waals surface area contributed by atoms with Crippen molar-refractivity contribution in [3.63, 3.8) is 0 Å². The number of hydrogen-bond donors (Lipinski definition) is 2. The zero-order valence-electron chi connectivity index (χ0n) is 12.6. The van der Waals surface area contributed by atoms with E-state index in [4.69, 9.17) is 16.1 Å². The molecule has 0 saturated carbocycles. The van der Waals surface area contributed by atoms with E-state index in [0.29, 0.717) is 0 Å². The molecule has 106 valence electrons. The van der Waals surface area contributed by atoms with E-state index in [0.717, 1.165) is 28.7 Å². The molecule has 3 N–H and O–H groups in total. The van der Waals surface area contributed by atoms with Crippen LogP contribution in [0.4, 0.5) is 5.82 Å². The molecular formula is C16H22N4. The fraction of sp³-hybridized carbons (Fsp3) is 0.375. The zero-order valence-corrected chi connectivity index (χ0v) is 12.6. The lowest BCUT2D eigenvalue weighted by Gasteiger charge is -2.36. The summed E-state index contributed by atoms with van der Waals surface area (Å²) in [5.74, 6) is 0.924. The first-order chi connectivity index (χ1) is 9.36. The monoisotopic (exact) mass is 270 g/mol. The Labute approximate surface area is 120 Å². The average Bonchev–Trinajstić information content (AvgIpc) is 2.45. The van der Waals surface area contributed by atoms with Crippen LogP contribution in [0.2, 0.25) is 0 Å². The van der Waals surface area contributed by atoms with Gasteiger partial charge < -0.3 is 10.6 Å². The second kappa shape index (κ2) is 5.12. The maximum atomic E-state index is 7.79. The number of nitrogens with one attached hydrogen (secondary N) is 1. The topological polar surface area (TPSA) is 66.0 Å². The van der Waals surface area contributed by atoms with Crippen molar-refractivity contribution in [3.8, 4) is 0 Å². The normalized spacial score (nSPS) is 11.6. The predicted octanol–water partition coefficient (Wildman–Crippen LogP) is 3.14. The van der Waals surface area contributed by atoms with Crippen molar-refractivity contribution < 1.29 is 0 Å². The van der Waals surface area contributed by atoms with E-state index < -0.39 is 0 Å². The van der Waals surface area contributed by atoms with Gasteiger partial charge in [-0.2, -0.15) is 0 Å². The molecule has 0 spiro atoms. The van der Waals surface area contributed by atoms with Crippen LogP contribution in [0.25, 0.3) is 10.9 Å². The largest absolute Gasteiger partial charge is 0.384 e. The summed E-state index contributed by atoms with van der Waals surface area (Å²) in [4.78, 5) is 6.85. The Balaban J connectivity index is 2.64. The van der Waals surface area contributed by atoms with Gasteiger partial charge in [0, 0.05) is 23.5 Å². The van der Waals surface area contributed by atoms with Crippen molar-refractivity contribution in [2.45, 2.75) is 32.7 Å². The fourth-order valence-electron chi connectivity index (χ4n) is 2.10. The Morgan fingerprint density at radius 3 is 2.60 bits per heavy atom. The maximum Gasteiger partial charge on any atom is 0.130 e. The van der Waals surface area contributed by atoms with Gasteiger partial charge in [-0.25, -0.2) is 4.98 Å². The number of para-hydroxylation sites is 1. The fourth-order valence-corrected chi connectivity index (χ4v) is 2.10. The Hall–Kier alpha value is -2.10. The first kappa shape index (κ1) is 14.3. The molecule has 0 radical (unpaired) electrons. The number of amidine groups is 1. The van der Waals surface area contributed by atoms with E-state index in [9.17, 15) is 0 Å². The highest BCUT2D eigenvalue weighted by Crippen LogP contribution is 2.27. The Morgan fingerprint density at radius 1 is 1.35 bits per heavy atom. The summed E-state index contributed by atoms with van der Waals surface area (Å²) in [6, 6.07) is 9.71. The second-order valence-corrected chi connectivity index (χ2v) is 5.68. The van der Waals surface area contributed by atoms with Crippen LogP contribution in [0.1, 0.15) is 32.8 Å². The van der Waals surface area contributed by atoms with Crippen LogP contribution in [0.3, 0.4) is 0 Å². The summed E-state index contributed by atoms with van der Waals surface area (Å²) in [7, 11) is 2.03. The lowest BCUT2D eigenvalue weighted by Crippen LogP contribution is -2.41. The highest BCUT2D eigenvalue weighted by atomic mass is 15.2. The molecule has 0 atom stereocenters. The Morgan fingerprint density at radius 2 is 2.00 bits per heavy atom. The highest BCUT2D eigenvalue weighted by molar-refractivity contribution is 6.07. The summed E-state index contributed by atoms with van der Waals surface area (Å²) in [6.07, 6.45) is 1.01. The minimum Gasteiger partial charge on any atom is -0.384 e. The van der Waals surface area contributed by atoms with Crippen molar-refractivity contribution >= 4 is 22.6 Å². The summed E-state index contributed by atoms with van der Waals surface area (Å²) in [5.41, 5.74) is 7.34. The average molecular weight is 270 g/mol. The molecule has 2 rings (SSSR count). The van der Waals surface area contributed by atoms with Gasteiger partial charge in [-0.1, -0.05) is 25.1 Å². The molecule has 0 unspecified atom stereocenters. The molecule has 1 heterocycles. The first-order valence-electron chi connectivity index (χ1n) is 6.85. The van der Waals surface area contributed by atoms with Crippen molar-refractivity contribution in [1.82, 2.24) is 4.98 Å². The van der Waals surface area contributed by atoms with Crippen molar-refractivity contribution in [1.29, 1.82) is 5.41 Å². The summed E-state index contributed by atoms with van der Waals surface area (Å²) in [5, 5.41) is 8.71. The van der Waals surface area contributed by atoms with E-state index in [-0.39, 0.29) is 11.4 Å². The quantitative estimate of drug-likeness (QED) is 0.662. The molecular weight excluding hydrogens is 248 g/mol. The highest BCUT2D eigenvalue weighted by Gasteiger charge is 2.23. The number of anilines is 1. The minimum absolute atomic E-state index is 0.00349. The number of nitrogens with two attached hydrogens (primary N) is 1. The minimum atomic E-state index is 0.00349. The zero-order chi connectivity index (χ0) is 14.9. The van der Waals surface area contributed by atoms with Gasteiger partial charge in [0.05, 0.1) is 5.52 Å². The van der Waals surface area contributed by atoms with Crippen LogP contribution in [0, 0.1) is 5.41 Å². The van der Waals surface area contributed by atoms with Gasteiger partial charge in [0.2, 0.25) is 0 Å². The van der Waals surface area contributed by atoms with Crippen molar-refractivity contribution in [3.05, 3.63) is 35.9 Å². The van der Waals surface area contributed by atoms with E-state index >= 15 is 0 Å². The predicted molar refractivity (Wildman–Crippen MR) is 85.5 cm³/mol. The van der Waals surface area contributed by atoms with Crippen LogP contribution in [-0.4, -0.2) is 23.4 Å². The molecule has 1 aromatic carbocycles. The number of aromatic nitrogens is 1. The van der Waals surface area contributed by atoms with Gasteiger partial charge >= 0.3 is 0 Å². The summed E-state index contributed by atoms with van der Waals surface area (Å²) >= 11 is 0. The van der Waals surface area contributed by atoms with Gasteiger partial charge in [0.15, 0.2) is 0 Å². The molecule has 0 aliphatic carbocycles. The second-order valence-electron chi connectivity index (χ2n) is 5.68. The molecule has 4 heteroatoms. The third-order valence-electron chi connectivity index (χ3n) is 4.11. The van der Waals surface area contributed by atoms with E-state index in [1.807, 2.05) is 37.4 Å². The van der Waals surface area contributed by atoms with Gasteiger partial charge in [-0.15, -0.1) is 0 Å². The van der Waals surface area contributed by atoms with Crippen LogP contribution < -0.4 is 10.6 Å². The molecule has 0 aliphatic rings. The third-order valence-corrected chi connectivity index (χ3v) is 4.11. The van der Waals surface area contributed by atoms with Crippen LogP contribution in [0.15, 0.2) is 30.3 Å². The SMILES string of the molecule is CCC(C)(C)N(C)c1cc(C(=N)N)c2ccccc2n1. The number of fused-ring (bicyclic) bond motifs is 1. The summed E-state index contributed by atoms with van der Waals surface area (Å²) in [6.45, 7) is 6.51. The lowest BCUT2D eigenvalue weighted by atomic mass is 9.99. The first-order valence-corrected chi connectivity index (χ1v) is 6.85. The smallest absolute Gasteiger partial charge is 0.130 e. The van der Waals surface area contributed by atoms with Crippen LogP contribution in [0.5, 0.6) is 0 Å². The van der Waals surface area contributed by atoms with Crippen LogP contribution in [-0.2, 0) is 0 Å². The number of benzene rings is 1. The van der Waals surface area contributed by atoms with Crippen LogP contribution >= 0.6 is 0 Å². The molecule has 0 saturated heterocycles. The maximum absolute atomic E-state index is 7.79. The van der Waals surface area contributed by atoms with E-state index in [1.54, 1.807) is 0 Å². The molecule has 1 aromatic heterocycles. The van der Waals surface area contributed by atoms with Crippen molar-refractivity contribution in [2.24, 2.45) is 5.73 Å². The number of rotatable bonds is 4. The number of nitrogen functional groups attached to an aromatic ring is 1.